The van der Waals surface area contributed by atoms with Gasteiger partial charge in [0.05, 0.1) is 23.1 Å². The van der Waals surface area contributed by atoms with Gasteiger partial charge in [-0.1, -0.05) is 11.6 Å². The van der Waals surface area contributed by atoms with E-state index in [4.69, 9.17) is 11.6 Å². The van der Waals surface area contributed by atoms with Crippen molar-refractivity contribution in [3.05, 3.63) is 34.9 Å². The predicted octanol–water partition coefficient (Wildman–Crippen LogP) is 1.93. The van der Waals surface area contributed by atoms with Crippen LogP contribution in [0.25, 0.3) is 0 Å². The lowest BCUT2D eigenvalue weighted by Crippen LogP contribution is -2.12. The average Bonchev–Trinajstić information content (AvgIpc) is 2.83. The Morgan fingerprint density at radius 2 is 2.00 bits per heavy atom. The van der Waals surface area contributed by atoms with Crippen molar-refractivity contribution in [1.82, 2.24) is 19.6 Å². The summed E-state index contributed by atoms with van der Waals surface area (Å²) in [5, 5.41) is 19.0. The standard InChI is InChI=1S/C11H15ClN4O/c1-7(2)16-10(9(12)5-14-16)11(17)8-4-13-15(3)6-8/h4-7,11,17H,1-3H3. The van der Waals surface area contributed by atoms with E-state index in [9.17, 15) is 5.11 Å². The molecule has 0 aliphatic heterocycles. The smallest absolute Gasteiger partial charge is 0.125 e. The van der Waals surface area contributed by atoms with E-state index in [2.05, 4.69) is 10.2 Å². The third-order valence-electron chi connectivity index (χ3n) is 2.58. The minimum Gasteiger partial charge on any atom is -0.382 e. The van der Waals surface area contributed by atoms with E-state index in [-0.39, 0.29) is 6.04 Å². The summed E-state index contributed by atoms with van der Waals surface area (Å²) in [4.78, 5) is 0. The minimum absolute atomic E-state index is 0.142. The van der Waals surface area contributed by atoms with Crippen LogP contribution in [0.1, 0.15) is 37.3 Å². The topological polar surface area (TPSA) is 55.9 Å². The van der Waals surface area contributed by atoms with Crippen LogP contribution in [0.2, 0.25) is 5.02 Å². The number of hydrogen-bond acceptors (Lipinski definition) is 3. The van der Waals surface area contributed by atoms with Crippen LogP contribution in [0.3, 0.4) is 0 Å². The Morgan fingerprint density at radius 3 is 2.53 bits per heavy atom. The van der Waals surface area contributed by atoms with E-state index in [0.29, 0.717) is 16.3 Å². The zero-order valence-corrected chi connectivity index (χ0v) is 10.8. The maximum atomic E-state index is 10.3. The van der Waals surface area contributed by atoms with Crippen molar-refractivity contribution in [1.29, 1.82) is 0 Å². The van der Waals surface area contributed by atoms with Crippen molar-refractivity contribution in [2.75, 3.05) is 0 Å². The van der Waals surface area contributed by atoms with Crippen molar-refractivity contribution >= 4 is 11.6 Å². The van der Waals surface area contributed by atoms with Crippen LogP contribution in [-0.2, 0) is 7.05 Å². The monoisotopic (exact) mass is 254 g/mol. The second kappa shape index (κ2) is 4.50. The van der Waals surface area contributed by atoms with Crippen molar-refractivity contribution in [3.63, 3.8) is 0 Å². The lowest BCUT2D eigenvalue weighted by atomic mass is 10.1. The Labute approximate surface area is 105 Å². The maximum absolute atomic E-state index is 10.3. The number of nitrogens with zero attached hydrogens (tertiary/aromatic N) is 4. The molecule has 2 rings (SSSR count). The lowest BCUT2D eigenvalue weighted by molar-refractivity contribution is 0.205. The number of aryl methyl sites for hydroxylation is 1. The molecule has 1 unspecified atom stereocenters. The molecular weight excluding hydrogens is 240 g/mol. The van der Waals surface area contributed by atoms with Gasteiger partial charge in [-0.3, -0.25) is 9.36 Å². The van der Waals surface area contributed by atoms with E-state index >= 15 is 0 Å². The van der Waals surface area contributed by atoms with Gasteiger partial charge in [0.15, 0.2) is 0 Å². The summed E-state index contributed by atoms with van der Waals surface area (Å²) in [6.07, 6.45) is 4.13. The van der Waals surface area contributed by atoms with Crippen molar-refractivity contribution in [2.24, 2.45) is 7.05 Å². The molecule has 0 saturated carbocycles. The summed E-state index contributed by atoms with van der Waals surface area (Å²) in [7, 11) is 1.80. The second-order valence-corrected chi connectivity index (χ2v) is 4.67. The fourth-order valence-electron chi connectivity index (χ4n) is 1.76. The first-order chi connectivity index (χ1) is 8.00. The van der Waals surface area contributed by atoms with E-state index in [0.717, 1.165) is 0 Å². The number of halogens is 1. The molecule has 0 bridgehead atoms. The first-order valence-electron chi connectivity index (χ1n) is 5.40. The summed E-state index contributed by atoms with van der Waals surface area (Å²) in [6.45, 7) is 3.98. The van der Waals surface area contributed by atoms with Crippen molar-refractivity contribution in [2.45, 2.75) is 26.0 Å². The molecule has 0 spiro atoms. The molecule has 6 heteroatoms. The van der Waals surface area contributed by atoms with Gasteiger partial charge >= 0.3 is 0 Å². The summed E-state index contributed by atoms with van der Waals surface area (Å²) in [6, 6.07) is 0.142. The quantitative estimate of drug-likeness (QED) is 0.911. The average molecular weight is 255 g/mol. The highest BCUT2D eigenvalue weighted by Gasteiger charge is 2.22. The van der Waals surface area contributed by atoms with Gasteiger partial charge in [-0.25, -0.2) is 0 Å². The van der Waals surface area contributed by atoms with Crippen LogP contribution >= 0.6 is 11.6 Å². The summed E-state index contributed by atoms with van der Waals surface area (Å²) in [5.74, 6) is 0. The molecule has 17 heavy (non-hydrogen) atoms. The molecule has 2 heterocycles. The SMILES string of the molecule is CC(C)n1ncc(Cl)c1C(O)c1cnn(C)c1. The molecule has 0 radical (unpaired) electrons. The van der Waals surface area contributed by atoms with Crippen LogP contribution in [-0.4, -0.2) is 24.7 Å². The predicted molar refractivity (Wildman–Crippen MR) is 64.9 cm³/mol. The Kier molecular flexibility index (Phi) is 3.22. The summed E-state index contributed by atoms with van der Waals surface area (Å²) < 4.78 is 3.36. The van der Waals surface area contributed by atoms with E-state index in [1.807, 2.05) is 13.8 Å². The number of aliphatic hydroxyl groups excluding tert-OH is 1. The van der Waals surface area contributed by atoms with Crippen LogP contribution in [0.15, 0.2) is 18.6 Å². The van der Waals surface area contributed by atoms with Crippen LogP contribution < -0.4 is 0 Å². The van der Waals surface area contributed by atoms with Crippen molar-refractivity contribution < 1.29 is 5.11 Å². The zero-order valence-electron chi connectivity index (χ0n) is 10.0. The van der Waals surface area contributed by atoms with Crippen LogP contribution in [0, 0.1) is 0 Å². The van der Waals surface area contributed by atoms with Gasteiger partial charge < -0.3 is 5.11 Å². The van der Waals surface area contributed by atoms with Gasteiger partial charge in [0, 0.05) is 24.8 Å². The molecule has 2 aromatic rings. The molecule has 1 atom stereocenters. The first kappa shape index (κ1) is 12.1. The normalized spacial score (nSPS) is 13.3. The van der Waals surface area contributed by atoms with Gasteiger partial charge in [0.1, 0.15) is 6.10 Å². The van der Waals surface area contributed by atoms with E-state index in [1.165, 1.54) is 0 Å². The molecule has 5 nitrogen and oxygen atoms in total. The highest BCUT2D eigenvalue weighted by molar-refractivity contribution is 6.31. The first-order valence-corrected chi connectivity index (χ1v) is 5.78. The van der Waals surface area contributed by atoms with Gasteiger partial charge in [0.2, 0.25) is 0 Å². The Morgan fingerprint density at radius 1 is 1.29 bits per heavy atom. The van der Waals surface area contributed by atoms with Crippen LogP contribution in [0.5, 0.6) is 0 Å². The molecular formula is C11H15ClN4O. The number of aliphatic hydroxyl groups is 1. The largest absolute Gasteiger partial charge is 0.382 e. The highest BCUT2D eigenvalue weighted by atomic mass is 35.5. The Bertz CT molecular complexity index is 517. The minimum atomic E-state index is -0.805. The molecule has 0 aliphatic carbocycles. The third kappa shape index (κ3) is 2.21. The van der Waals surface area contributed by atoms with Gasteiger partial charge in [-0.15, -0.1) is 0 Å². The lowest BCUT2D eigenvalue weighted by Gasteiger charge is -2.15. The zero-order chi connectivity index (χ0) is 12.6. The number of rotatable bonds is 3. The molecule has 92 valence electrons. The van der Waals surface area contributed by atoms with Gasteiger partial charge in [-0.2, -0.15) is 10.2 Å². The van der Waals surface area contributed by atoms with Crippen LogP contribution in [0.4, 0.5) is 0 Å². The molecule has 0 amide bonds. The Balaban J connectivity index is 2.43. The van der Waals surface area contributed by atoms with E-state index in [1.54, 1.807) is 35.0 Å². The van der Waals surface area contributed by atoms with Crippen molar-refractivity contribution in [3.8, 4) is 0 Å². The maximum Gasteiger partial charge on any atom is 0.125 e. The Hall–Kier alpha value is -1.33. The summed E-state index contributed by atoms with van der Waals surface area (Å²) >= 11 is 6.07. The summed E-state index contributed by atoms with van der Waals surface area (Å²) in [5.41, 5.74) is 1.31. The number of hydrogen-bond donors (Lipinski definition) is 1. The highest BCUT2D eigenvalue weighted by Crippen LogP contribution is 2.29. The molecule has 0 aliphatic rings. The fourth-order valence-corrected chi connectivity index (χ4v) is 1.99. The fraction of sp³-hybridized carbons (Fsp3) is 0.455. The van der Waals surface area contributed by atoms with E-state index < -0.39 is 6.10 Å². The molecule has 1 N–H and O–H groups in total. The second-order valence-electron chi connectivity index (χ2n) is 4.27. The third-order valence-corrected chi connectivity index (χ3v) is 2.87. The molecule has 0 fully saturated rings. The van der Waals surface area contributed by atoms with Gasteiger partial charge in [0.25, 0.3) is 0 Å². The number of aromatic nitrogens is 4. The van der Waals surface area contributed by atoms with Gasteiger partial charge in [-0.05, 0) is 13.8 Å². The molecule has 0 saturated heterocycles. The molecule has 0 aromatic carbocycles. The molecule has 2 aromatic heterocycles.